The van der Waals surface area contributed by atoms with Gasteiger partial charge in [0.05, 0.1) is 11.6 Å². The minimum absolute atomic E-state index is 0.0290. The highest BCUT2D eigenvalue weighted by atomic mass is 16.2. The highest BCUT2D eigenvalue weighted by Crippen LogP contribution is 2.32. The van der Waals surface area contributed by atoms with E-state index in [9.17, 15) is 10.1 Å². The maximum absolute atomic E-state index is 13.2. The normalized spacial score (nSPS) is 15.4. The molecule has 1 aliphatic rings. The molecule has 0 fully saturated rings. The van der Waals surface area contributed by atoms with E-state index in [1.54, 1.807) is 6.07 Å². The first-order valence-electron chi connectivity index (χ1n) is 10.6. The van der Waals surface area contributed by atoms with Crippen LogP contribution >= 0.6 is 0 Å². The number of carbonyl (C=O) groups excluding carboxylic acids is 1. The summed E-state index contributed by atoms with van der Waals surface area (Å²) in [7, 11) is 0. The Hall–Kier alpha value is -3.66. The number of nitrogens with one attached hydrogen (secondary N) is 1. The molecule has 0 spiro atoms. The summed E-state index contributed by atoms with van der Waals surface area (Å²) in [5.74, 6) is 5.36. The second-order valence-electron chi connectivity index (χ2n) is 7.55. The van der Waals surface area contributed by atoms with Crippen molar-refractivity contribution < 1.29 is 4.79 Å². The maximum Gasteiger partial charge on any atom is 0.249 e. The molecule has 31 heavy (non-hydrogen) atoms. The van der Waals surface area contributed by atoms with Crippen molar-refractivity contribution in [3.05, 3.63) is 59.2 Å². The molecule has 1 atom stereocenters. The predicted octanol–water partition coefficient (Wildman–Crippen LogP) is 4.72. The third kappa shape index (κ3) is 5.28. The molecule has 7 heteroatoms. The third-order valence-corrected chi connectivity index (χ3v) is 5.20. The Morgan fingerprint density at radius 1 is 1.19 bits per heavy atom. The van der Waals surface area contributed by atoms with Crippen LogP contribution in [0.25, 0.3) is 17.2 Å². The van der Waals surface area contributed by atoms with Gasteiger partial charge in [-0.15, -0.1) is 5.11 Å². The lowest BCUT2D eigenvalue weighted by Gasteiger charge is -2.23. The molecule has 7 nitrogen and oxygen atoms in total. The summed E-state index contributed by atoms with van der Waals surface area (Å²) >= 11 is 0. The van der Waals surface area contributed by atoms with Gasteiger partial charge in [0.25, 0.3) is 0 Å². The van der Waals surface area contributed by atoms with Gasteiger partial charge in [-0.3, -0.25) is 4.79 Å². The Morgan fingerprint density at radius 3 is 2.61 bits per heavy atom. The topological polar surface area (TPSA) is 107 Å². The molecule has 3 N–H and O–H groups in total. The lowest BCUT2D eigenvalue weighted by atomic mass is 10.00. The summed E-state index contributed by atoms with van der Waals surface area (Å²) in [6.45, 7) is 5.59. The van der Waals surface area contributed by atoms with E-state index in [0.717, 1.165) is 48.3 Å². The Kier molecular flexibility index (Phi) is 7.39. The van der Waals surface area contributed by atoms with Crippen molar-refractivity contribution in [2.24, 2.45) is 16.2 Å². The van der Waals surface area contributed by atoms with Crippen molar-refractivity contribution in [2.45, 2.75) is 39.3 Å². The van der Waals surface area contributed by atoms with Crippen LogP contribution in [0.5, 0.6) is 0 Å². The molecule has 2 aromatic carbocycles. The molecule has 0 bridgehead atoms. The fraction of sp³-hybridized carbons (Fsp3) is 0.333. The fourth-order valence-corrected chi connectivity index (χ4v) is 3.80. The Labute approximate surface area is 183 Å². The SMILES string of the molecule is CCCN(CCC)C(=O)C1=Cc2ccc(-c3cccc(C#N)c3)cc2NC(N=NN)C1. The zero-order valence-corrected chi connectivity index (χ0v) is 18.0. The lowest BCUT2D eigenvalue weighted by molar-refractivity contribution is -0.127. The van der Waals surface area contributed by atoms with E-state index in [4.69, 9.17) is 5.84 Å². The number of hydrogen-bond donors (Lipinski definition) is 2. The summed E-state index contributed by atoms with van der Waals surface area (Å²) in [6.07, 6.45) is 3.71. The lowest BCUT2D eigenvalue weighted by Crippen LogP contribution is -2.34. The van der Waals surface area contributed by atoms with Gasteiger partial charge in [0.1, 0.15) is 6.17 Å². The van der Waals surface area contributed by atoms with Gasteiger partial charge in [0.15, 0.2) is 0 Å². The first-order valence-corrected chi connectivity index (χ1v) is 10.6. The molecule has 160 valence electrons. The second-order valence-corrected chi connectivity index (χ2v) is 7.55. The number of rotatable bonds is 7. The molecule has 1 amide bonds. The van der Waals surface area contributed by atoms with E-state index in [1.165, 1.54) is 0 Å². The van der Waals surface area contributed by atoms with Crippen molar-refractivity contribution in [1.82, 2.24) is 4.90 Å². The molecular formula is C24H28N6O. The zero-order valence-electron chi connectivity index (χ0n) is 18.0. The van der Waals surface area contributed by atoms with Gasteiger partial charge < -0.3 is 16.1 Å². The van der Waals surface area contributed by atoms with Crippen molar-refractivity contribution in [1.29, 1.82) is 5.26 Å². The van der Waals surface area contributed by atoms with Gasteiger partial charge in [-0.05, 0) is 53.8 Å². The van der Waals surface area contributed by atoms with Crippen LogP contribution in [0.4, 0.5) is 5.69 Å². The summed E-state index contributed by atoms with van der Waals surface area (Å²) in [6, 6.07) is 15.6. The second kappa shape index (κ2) is 10.4. The van der Waals surface area contributed by atoms with Crippen molar-refractivity contribution >= 4 is 17.7 Å². The summed E-state index contributed by atoms with van der Waals surface area (Å²) < 4.78 is 0. The highest BCUT2D eigenvalue weighted by molar-refractivity contribution is 5.99. The van der Waals surface area contributed by atoms with E-state index < -0.39 is 6.17 Å². The standard InChI is InChI=1S/C24H28N6O/c1-3-10-30(11-4-2)24(31)21-13-20-9-8-19(18-7-5-6-17(12-18)16-25)14-22(20)27-23(15-21)28-29-26/h5-9,12-14,23,27H,3-4,10-11,15H2,1-2H3,(H2,26,28). The summed E-state index contributed by atoms with van der Waals surface area (Å²) in [4.78, 5) is 15.1. The van der Waals surface area contributed by atoms with Crippen LogP contribution in [0.3, 0.4) is 0 Å². The summed E-state index contributed by atoms with van der Waals surface area (Å²) in [5, 5.41) is 20.1. The Morgan fingerprint density at radius 2 is 1.94 bits per heavy atom. The predicted molar refractivity (Wildman–Crippen MR) is 123 cm³/mol. The van der Waals surface area contributed by atoms with E-state index in [-0.39, 0.29) is 5.91 Å². The van der Waals surface area contributed by atoms with Crippen LogP contribution in [-0.4, -0.2) is 30.1 Å². The van der Waals surface area contributed by atoms with Crippen LogP contribution < -0.4 is 11.2 Å². The van der Waals surface area contributed by atoms with E-state index >= 15 is 0 Å². The average molecular weight is 417 g/mol. The van der Waals surface area contributed by atoms with Crippen LogP contribution in [-0.2, 0) is 4.79 Å². The van der Waals surface area contributed by atoms with Crippen LogP contribution in [0.2, 0.25) is 0 Å². The maximum atomic E-state index is 13.2. The monoisotopic (exact) mass is 416 g/mol. The fourth-order valence-electron chi connectivity index (χ4n) is 3.80. The molecule has 2 aromatic rings. The van der Waals surface area contributed by atoms with Crippen molar-refractivity contribution in [2.75, 3.05) is 18.4 Å². The minimum atomic E-state index is -0.438. The first kappa shape index (κ1) is 22.0. The Bertz CT molecular complexity index is 1030. The molecule has 0 radical (unpaired) electrons. The number of anilines is 1. The van der Waals surface area contributed by atoms with Gasteiger partial charge in [0, 0.05) is 30.8 Å². The Balaban J connectivity index is 2.01. The first-order chi connectivity index (χ1) is 15.1. The number of benzene rings is 2. The molecule has 0 saturated carbocycles. The number of nitrogens with zero attached hydrogens (tertiary/aromatic N) is 4. The molecule has 0 saturated heterocycles. The van der Waals surface area contributed by atoms with Gasteiger partial charge >= 0.3 is 0 Å². The molecule has 0 aromatic heterocycles. The van der Waals surface area contributed by atoms with E-state index in [2.05, 4.69) is 35.6 Å². The minimum Gasteiger partial charge on any atom is -0.361 e. The number of nitrogens with two attached hydrogens (primary N) is 1. The molecule has 1 aliphatic heterocycles. The number of amides is 1. The van der Waals surface area contributed by atoms with Crippen LogP contribution in [0.15, 0.2) is 58.4 Å². The number of fused-ring (bicyclic) bond motifs is 1. The van der Waals surface area contributed by atoms with Crippen molar-refractivity contribution in [3.63, 3.8) is 0 Å². The van der Waals surface area contributed by atoms with Gasteiger partial charge in [0.2, 0.25) is 5.91 Å². The summed E-state index contributed by atoms with van der Waals surface area (Å²) in [5.41, 5.74) is 4.96. The van der Waals surface area contributed by atoms with Crippen molar-refractivity contribution in [3.8, 4) is 17.2 Å². The quantitative estimate of drug-likeness (QED) is 0.387. The number of carbonyl (C=O) groups is 1. The van der Waals surface area contributed by atoms with Crippen LogP contribution in [0, 0.1) is 11.3 Å². The molecule has 3 rings (SSSR count). The molecule has 1 unspecified atom stereocenters. The average Bonchev–Trinajstić information content (AvgIpc) is 2.97. The largest absolute Gasteiger partial charge is 0.361 e. The molecular weight excluding hydrogens is 388 g/mol. The number of nitriles is 1. The molecule has 0 aliphatic carbocycles. The zero-order chi connectivity index (χ0) is 22.2. The van der Waals surface area contributed by atoms with E-state index in [1.807, 2.05) is 47.4 Å². The van der Waals surface area contributed by atoms with Crippen LogP contribution in [0.1, 0.15) is 44.2 Å². The smallest absolute Gasteiger partial charge is 0.249 e. The van der Waals surface area contributed by atoms with Gasteiger partial charge in [-0.2, -0.15) is 5.26 Å². The van der Waals surface area contributed by atoms with Gasteiger partial charge in [-0.1, -0.05) is 43.3 Å². The third-order valence-electron chi connectivity index (χ3n) is 5.20. The van der Waals surface area contributed by atoms with E-state index in [0.29, 0.717) is 17.6 Å². The number of hydrogen-bond acceptors (Lipinski definition) is 5. The highest BCUT2D eigenvalue weighted by Gasteiger charge is 2.24. The molecule has 1 heterocycles. The van der Waals surface area contributed by atoms with Gasteiger partial charge in [-0.25, -0.2) is 0 Å².